The molecular formula is C22H25N5O2S. The van der Waals surface area contributed by atoms with Crippen molar-refractivity contribution < 1.29 is 9.59 Å². The molecule has 7 nitrogen and oxygen atoms in total. The summed E-state index contributed by atoms with van der Waals surface area (Å²) in [6.07, 6.45) is 9.32. The molecule has 8 heteroatoms. The average Bonchev–Trinajstić information content (AvgIpc) is 3.53. The van der Waals surface area contributed by atoms with E-state index in [1.165, 1.54) is 0 Å². The third-order valence-electron chi connectivity index (χ3n) is 6.15. The predicted molar refractivity (Wildman–Crippen MR) is 115 cm³/mol. The molecule has 0 saturated carbocycles. The predicted octanol–water partition coefficient (Wildman–Crippen LogP) is 3.12. The van der Waals surface area contributed by atoms with E-state index in [0.29, 0.717) is 24.3 Å². The molecule has 3 aromatic rings. The van der Waals surface area contributed by atoms with Crippen LogP contribution in [0.5, 0.6) is 0 Å². The first-order chi connectivity index (χ1) is 14.7. The Morgan fingerprint density at radius 3 is 2.83 bits per heavy atom. The molecule has 5 heterocycles. The number of rotatable bonds is 5. The molecular weight excluding hydrogens is 398 g/mol. The van der Waals surface area contributed by atoms with Crippen LogP contribution >= 0.6 is 11.3 Å². The Bertz CT molecular complexity index is 1050. The van der Waals surface area contributed by atoms with Gasteiger partial charge in [-0.25, -0.2) is 4.98 Å². The monoisotopic (exact) mass is 423 g/mol. The second-order valence-corrected chi connectivity index (χ2v) is 9.02. The molecule has 2 saturated heterocycles. The first kappa shape index (κ1) is 19.4. The quantitative estimate of drug-likeness (QED) is 0.590. The minimum Gasteiger partial charge on any atom is -0.337 e. The molecule has 0 radical (unpaired) electrons. The summed E-state index contributed by atoms with van der Waals surface area (Å²) in [6.45, 7) is 3.88. The lowest BCUT2D eigenvalue weighted by Crippen LogP contribution is -2.39. The van der Waals surface area contributed by atoms with Crippen LogP contribution in [0.25, 0.3) is 4.96 Å². The maximum Gasteiger partial charge on any atom is 0.274 e. The lowest BCUT2D eigenvalue weighted by Gasteiger charge is -2.32. The molecule has 30 heavy (non-hydrogen) atoms. The van der Waals surface area contributed by atoms with Crippen molar-refractivity contribution in [3.63, 3.8) is 0 Å². The highest BCUT2D eigenvalue weighted by Gasteiger charge is 2.30. The maximum atomic E-state index is 13.1. The number of thiazole rings is 1. The van der Waals surface area contributed by atoms with E-state index in [9.17, 15) is 9.59 Å². The fourth-order valence-electron chi connectivity index (χ4n) is 4.59. The van der Waals surface area contributed by atoms with E-state index in [4.69, 9.17) is 0 Å². The highest BCUT2D eigenvalue weighted by molar-refractivity contribution is 7.15. The molecule has 1 unspecified atom stereocenters. The van der Waals surface area contributed by atoms with Crippen LogP contribution in [0.2, 0.25) is 0 Å². The molecule has 0 spiro atoms. The fraction of sp³-hybridized carbons (Fsp3) is 0.455. The summed E-state index contributed by atoms with van der Waals surface area (Å²) in [6, 6.07) is 3.65. The summed E-state index contributed by atoms with van der Waals surface area (Å²) in [7, 11) is 0. The zero-order chi connectivity index (χ0) is 20.5. The van der Waals surface area contributed by atoms with Gasteiger partial charge in [0.15, 0.2) is 16.4 Å². The van der Waals surface area contributed by atoms with Gasteiger partial charge in [-0.15, -0.1) is 11.3 Å². The minimum atomic E-state index is -0.0356. The van der Waals surface area contributed by atoms with Crippen LogP contribution in [-0.4, -0.2) is 62.0 Å². The molecule has 0 bridgehead atoms. The van der Waals surface area contributed by atoms with Crippen LogP contribution in [0.15, 0.2) is 36.1 Å². The lowest BCUT2D eigenvalue weighted by atomic mass is 9.90. The van der Waals surface area contributed by atoms with Crippen LogP contribution in [0.3, 0.4) is 0 Å². The highest BCUT2D eigenvalue weighted by atomic mass is 32.1. The third kappa shape index (κ3) is 3.65. The zero-order valence-corrected chi connectivity index (χ0v) is 17.7. The number of fused-ring (bicyclic) bond motifs is 1. The van der Waals surface area contributed by atoms with Crippen molar-refractivity contribution in [1.29, 1.82) is 0 Å². The number of hydrogen-bond donors (Lipinski definition) is 0. The number of carbonyl (C=O) groups is 2. The van der Waals surface area contributed by atoms with Crippen LogP contribution in [-0.2, 0) is 6.54 Å². The van der Waals surface area contributed by atoms with Crippen molar-refractivity contribution in [2.45, 2.75) is 32.2 Å². The lowest BCUT2D eigenvalue weighted by molar-refractivity contribution is 0.0771. The minimum absolute atomic E-state index is 0.0356. The Labute approximate surface area is 179 Å². The second-order valence-electron chi connectivity index (χ2n) is 8.14. The summed E-state index contributed by atoms with van der Waals surface area (Å²) in [5.41, 5.74) is 2.20. The number of hydrogen-bond acceptors (Lipinski definition) is 6. The molecule has 0 N–H and O–H groups in total. The number of Topliss-reactive ketones (excluding diaryl/α,β-unsaturated/α-hetero) is 1. The molecule has 2 fully saturated rings. The van der Waals surface area contributed by atoms with E-state index in [-0.39, 0.29) is 17.6 Å². The smallest absolute Gasteiger partial charge is 0.274 e. The Morgan fingerprint density at radius 1 is 1.17 bits per heavy atom. The van der Waals surface area contributed by atoms with Gasteiger partial charge in [0.05, 0.1) is 5.69 Å². The first-order valence-electron chi connectivity index (χ1n) is 10.6. The topological polar surface area (TPSA) is 70.8 Å². The summed E-state index contributed by atoms with van der Waals surface area (Å²) in [4.78, 5) is 39.9. The molecule has 2 aliphatic rings. The van der Waals surface area contributed by atoms with Crippen LogP contribution in [0.1, 0.15) is 52.2 Å². The highest BCUT2D eigenvalue weighted by Crippen LogP contribution is 2.26. The van der Waals surface area contributed by atoms with Crippen molar-refractivity contribution in [2.24, 2.45) is 5.92 Å². The summed E-state index contributed by atoms with van der Waals surface area (Å²) < 4.78 is 2.04. The standard InChI is InChI=1S/C22H25N5O2S/c28-20(16-5-3-7-23-13-16)17-6-4-8-25(14-17)15-18-19(21(29)26-9-1-2-10-26)24-22-27(18)11-12-30-22/h3,5,7,11-13,17H,1-2,4,6,8-10,14-15H2. The van der Waals surface area contributed by atoms with Crippen molar-refractivity contribution in [1.82, 2.24) is 24.2 Å². The molecule has 2 aliphatic heterocycles. The third-order valence-corrected chi connectivity index (χ3v) is 6.91. The van der Waals surface area contributed by atoms with E-state index in [1.54, 1.807) is 23.7 Å². The number of ketones is 1. The second kappa shape index (κ2) is 8.28. The van der Waals surface area contributed by atoms with Crippen LogP contribution in [0.4, 0.5) is 0 Å². The van der Waals surface area contributed by atoms with E-state index in [2.05, 4.69) is 14.9 Å². The summed E-state index contributed by atoms with van der Waals surface area (Å²) >= 11 is 1.55. The largest absolute Gasteiger partial charge is 0.337 e. The number of likely N-dealkylation sites (tertiary alicyclic amines) is 2. The molecule has 1 amide bonds. The van der Waals surface area contributed by atoms with Crippen molar-refractivity contribution in [3.8, 4) is 0 Å². The molecule has 5 rings (SSSR count). The average molecular weight is 424 g/mol. The zero-order valence-electron chi connectivity index (χ0n) is 16.9. The van der Waals surface area contributed by atoms with Gasteiger partial charge >= 0.3 is 0 Å². The number of carbonyl (C=O) groups excluding carboxylic acids is 2. The molecule has 1 atom stereocenters. The van der Waals surface area contributed by atoms with E-state index < -0.39 is 0 Å². The van der Waals surface area contributed by atoms with E-state index in [1.807, 2.05) is 33.0 Å². The maximum absolute atomic E-state index is 13.1. The van der Waals surface area contributed by atoms with Gasteiger partial charge in [-0.05, 0) is 44.4 Å². The van der Waals surface area contributed by atoms with Crippen molar-refractivity contribution in [3.05, 3.63) is 53.1 Å². The van der Waals surface area contributed by atoms with Crippen LogP contribution < -0.4 is 0 Å². The van der Waals surface area contributed by atoms with Gasteiger partial charge in [-0.2, -0.15) is 0 Å². The molecule has 0 aliphatic carbocycles. The molecule has 3 aromatic heterocycles. The summed E-state index contributed by atoms with van der Waals surface area (Å²) in [5, 5.41) is 2.00. The van der Waals surface area contributed by atoms with Gasteiger partial charge in [0, 0.05) is 61.6 Å². The van der Waals surface area contributed by atoms with E-state index in [0.717, 1.165) is 56.0 Å². The molecule has 156 valence electrons. The number of piperidine rings is 1. The van der Waals surface area contributed by atoms with Gasteiger partial charge in [0.1, 0.15) is 0 Å². The summed E-state index contributed by atoms with van der Waals surface area (Å²) in [5.74, 6) is 0.167. The fourth-order valence-corrected chi connectivity index (χ4v) is 5.33. The van der Waals surface area contributed by atoms with Gasteiger partial charge < -0.3 is 4.90 Å². The normalized spacial score (nSPS) is 20.1. The van der Waals surface area contributed by atoms with Gasteiger partial charge in [0.25, 0.3) is 5.91 Å². The first-order valence-corrected chi connectivity index (χ1v) is 11.5. The number of pyridine rings is 1. The Hall–Kier alpha value is -2.58. The van der Waals surface area contributed by atoms with E-state index >= 15 is 0 Å². The number of nitrogens with zero attached hydrogens (tertiary/aromatic N) is 5. The Kier molecular flexibility index (Phi) is 5.35. The van der Waals surface area contributed by atoms with Crippen molar-refractivity contribution >= 4 is 28.0 Å². The van der Waals surface area contributed by atoms with Gasteiger partial charge in [0.2, 0.25) is 0 Å². The SMILES string of the molecule is O=C(c1cccnc1)C1CCCN(Cc2c(C(=O)N3CCCC3)nc3sccn23)C1. The number of aromatic nitrogens is 3. The van der Waals surface area contributed by atoms with Crippen LogP contribution in [0, 0.1) is 5.92 Å². The number of amides is 1. The number of imidazole rings is 1. The van der Waals surface area contributed by atoms with Gasteiger partial charge in [-0.1, -0.05) is 0 Å². The van der Waals surface area contributed by atoms with Gasteiger partial charge in [-0.3, -0.25) is 23.9 Å². The Balaban J connectivity index is 1.37. The molecule has 0 aromatic carbocycles. The van der Waals surface area contributed by atoms with Crippen molar-refractivity contribution in [2.75, 3.05) is 26.2 Å². The Morgan fingerprint density at radius 2 is 2.03 bits per heavy atom.